The average molecular weight is 597 g/mol. The van der Waals surface area contributed by atoms with Crippen LogP contribution < -0.4 is 0 Å². The second kappa shape index (κ2) is 25.6. The molecule has 0 saturated heterocycles. The Kier molecular flexibility index (Phi) is 24.4. The van der Waals surface area contributed by atoms with Crippen LogP contribution in [0.5, 0.6) is 0 Å². The maximum absolute atomic E-state index is 12.3. The van der Waals surface area contributed by atoms with Crippen molar-refractivity contribution in [2.45, 2.75) is 187 Å². The molecule has 3 N–H and O–H groups in total. The van der Waals surface area contributed by atoms with Gasteiger partial charge in [-0.05, 0) is 38.5 Å². The third-order valence-corrected chi connectivity index (χ3v) is 9.06. The van der Waals surface area contributed by atoms with Gasteiger partial charge in [-0.25, -0.2) is 14.4 Å². The predicted molar refractivity (Wildman–Crippen MR) is 173 cm³/mol. The van der Waals surface area contributed by atoms with E-state index in [-0.39, 0.29) is 25.8 Å². The van der Waals surface area contributed by atoms with Gasteiger partial charge in [-0.3, -0.25) is 4.48 Å². The predicted octanol–water partition coefficient (Wildman–Crippen LogP) is 9.38. The highest BCUT2D eigenvalue weighted by atomic mass is 16.4. The molecule has 0 aromatic heterocycles. The van der Waals surface area contributed by atoms with E-state index < -0.39 is 40.5 Å². The van der Waals surface area contributed by atoms with Gasteiger partial charge in [-0.2, -0.15) is 0 Å². The van der Waals surface area contributed by atoms with Crippen LogP contribution in [0.2, 0.25) is 0 Å². The third-order valence-electron chi connectivity index (χ3n) is 9.06. The summed E-state index contributed by atoms with van der Waals surface area (Å²) in [5, 5.41) is 30.1. The van der Waals surface area contributed by atoms with Gasteiger partial charge in [0.2, 0.25) is 0 Å². The largest absolute Gasteiger partial charge is 0.477 e. The number of hydrogen-bond acceptors (Lipinski definition) is 3. The van der Waals surface area contributed by atoms with Crippen molar-refractivity contribution in [3.8, 4) is 0 Å². The summed E-state index contributed by atoms with van der Waals surface area (Å²) in [5.74, 6) is -3.37. The summed E-state index contributed by atoms with van der Waals surface area (Å²) in [5.41, 5.74) is 0. The highest BCUT2D eigenvalue weighted by Gasteiger charge is 2.55. The van der Waals surface area contributed by atoms with Gasteiger partial charge in [-0.1, -0.05) is 123 Å². The van der Waals surface area contributed by atoms with Gasteiger partial charge in [0.25, 0.3) is 0 Å². The van der Waals surface area contributed by atoms with E-state index in [4.69, 9.17) is 0 Å². The molecule has 0 fully saturated rings. The van der Waals surface area contributed by atoms with Crippen molar-refractivity contribution in [3.05, 3.63) is 12.2 Å². The van der Waals surface area contributed by atoms with Crippen LogP contribution in [0.1, 0.15) is 169 Å². The molecule has 0 heterocycles. The van der Waals surface area contributed by atoms with Gasteiger partial charge in [0.05, 0.1) is 6.54 Å². The molecule has 0 aliphatic carbocycles. The molecule has 7 nitrogen and oxygen atoms in total. The first-order chi connectivity index (χ1) is 20.2. The molecule has 0 aromatic carbocycles. The third kappa shape index (κ3) is 15.5. The van der Waals surface area contributed by atoms with Crippen molar-refractivity contribution >= 4 is 17.9 Å². The SMILES string of the molecule is CCCCCCCCCCCCCCCC/C=C/CCCCC[N+](C(CC)C(=O)O)(C(CC)C(=O)O)C(CC)C(=O)O. The van der Waals surface area contributed by atoms with E-state index in [1.54, 1.807) is 20.8 Å². The van der Waals surface area contributed by atoms with Crippen LogP contribution in [0.4, 0.5) is 0 Å². The molecule has 42 heavy (non-hydrogen) atoms. The van der Waals surface area contributed by atoms with E-state index >= 15 is 0 Å². The average Bonchev–Trinajstić information content (AvgIpc) is 2.94. The van der Waals surface area contributed by atoms with Crippen LogP contribution in [-0.2, 0) is 14.4 Å². The maximum Gasteiger partial charge on any atom is 0.362 e. The first kappa shape index (κ1) is 40.1. The molecule has 3 unspecified atom stereocenters. The van der Waals surface area contributed by atoms with E-state index in [0.29, 0.717) is 6.42 Å². The lowest BCUT2D eigenvalue weighted by Crippen LogP contribution is -2.72. The van der Waals surface area contributed by atoms with Crippen molar-refractivity contribution in [3.63, 3.8) is 0 Å². The Morgan fingerprint density at radius 1 is 0.476 bits per heavy atom. The zero-order valence-electron chi connectivity index (χ0n) is 27.7. The van der Waals surface area contributed by atoms with Gasteiger partial charge in [0, 0.05) is 19.3 Å². The van der Waals surface area contributed by atoms with Crippen LogP contribution in [0, 0.1) is 0 Å². The van der Waals surface area contributed by atoms with Crippen molar-refractivity contribution in [2.24, 2.45) is 0 Å². The lowest BCUT2D eigenvalue weighted by molar-refractivity contribution is -0.973. The number of nitrogens with zero attached hydrogens (tertiary/aromatic N) is 1. The highest BCUT2D eigenvalue weighted by molar-refractivity contribution is 5.78. The van der Waals surface area contributed by atoms with Crippen LogP contribution in [0.25, 0.3) is 0 Å². The molecule has 0 amide bonds. The minimum absolute atomic E-state index is 0.185. The Hall–Kier alpha value is -1.89. The minimum atomic E-state index is -1.12. The number of allylic oxidation sites excluding steroid dienone is 2. The monoisotopic (exact) mass is 596 g/mol. The standard InChI is InChI=1S/C35H65NO6/c1-5-9-10-11-12-13-14-15-16-17-18-19-20-21-22-23-24-25-26-27-28-29-36(30(6-2)33(37)38,31(7-3)34(39)40)32(8-4)35(41)42/h23-24,30-32H,5-22,25-29H2,1-4H3,(H2-,37,38,39,40,41,42)/p+1/b24-23+. The fourth-order valence-electron chi connectivity index (χ4n) is 6.80. The molecule has 0 saturated carbocycles. The van der Waals surface area contributed by atoms with Crippen molar-refractivity contribution in [2.75, 3.05) is 6.54 Å². The zero-order chi connectivity index (χ0) is 31.6. The number of carboxylic acid groups (broad SMARTS) is 3. The second-order valence-electron chi connectivity index (χ2n) is 12.2. The number of aliphatic carboxylic acids is 3. The highest BCUT2D eigenvalue weighted by Crippen LogP contribution is 2.32. The molecule has 0 radical (unpaired) electrons. The van der Waals surface area contributed by atoms with Gasteiger partial charge >= 0.3 is 17.9 Å². The van der Waals surface area contributed by atoms with E-state index in [2.05, 4.69) is 19.1 Å². The Bertz CT molecular complexity index is 682. The molecule has 3 atom stereocenters. The summed E-state index contributed by atoms with van der Waals surface area (Å²) in [7, 11) is 0. The summed E-state index contributed by atoms with van der Waals surface area (Å²) in [4.78, 5) is 36.8. The van der Waals surface area contributed by atoms with Gasteiger partial charge in [0.15, 0.2) is 18.1 Å². The molecule has 0 aromatic rings. The summed E-state index contributed by atoms with van der Waals surface area (Å²) >= 11 is 0. The van der Waals surface area contributed by atoms with E-state index in [9.17, 15) is 29.7 Å². The number of quaternary nitrogens is 1. The molecule has 0 aliphatic rings. The molecular weight excluding hydrogens is 530 g/mol. The Morgan fingerprint density at radius 3 is 1.05 bits per heavy atom. The number of unbranched alkanes of at least 4 members (excludes halogenated alkanes) is 17. The van der Waals surface area contributed by atoms with Gasteiger partial charge < -0.3 is 15.3 Å². The Morgan fingerprint density at radius 2 is 0.762 bits per heavy atom. The van der Waals surface area contributed by atoms with Crippen molar-refractivity contribution in [1.82, 2.24) is 0 Å². The smallest absolute Gasteiger partial charge is 0.362 e. The molecule has 7 heteroatoms. The molecule has 0 aliphatic heterocycles. The van der Waals surface area contributed by atoms with Crippen molar-refractivity contribution < 1.29 is 34.2 Å². The number of carboxylic acids is 3. The lowest BCUT2D eigenvalue weighted by atomic mass is 9.94. The summed E-state index contributed by atoms with van der Waals surface area (Å²) in [6, 6.07) is -3.22. The maximum atomic E-state index is 12.3. The van der Waals surface area contributed by atoms with Crippen molar-refractivity contribution in [1.29, 1.82) is 0 Å². The van der Waals surface area contributed by atoms with E-state index in [1.807, 2.05) is 0 Å². The normalized spacial score (nSPS) is 15.3. The first-order valence-electron chi connectivity index (χ1n) is 17.4. The van der Waals surface area contributed by atoms with E-state index in [0.717, 1.165) is 25.7 Å². The second-order valence-corrected chi connectivity index (χ2v) is 12.2. The number of rotatable bonds is 30. The molecule has 0 rings (SSSR count). The first-order valence-corrected chi connectivity index (χ1v) is 17.4. The minimum Gasteiger partial charge on any atom is -0.477 e. The topological polar surface area (TPSA) is 112 Å². The molecule has 0 spiro atoms. The number of hydrogen-bond donors (Lipinski definition) is 3. The zero-order valence-corrected chi connectivity index (χ0v) is 27.7. The molecule has 0 bridgehead atoms. The van der Waals surface area contributed by atoms with Crippen LogP contribution >= 0.6 is 0 Å². The van der Waals surface area contributed by atoms with Gasteiger partial charge in [-0.15, -0.1) is 0 Å². The van der Waals surface area contributed by atoms with E-state index in [1.165, 1.54) is 89.9 Å². The van der Waals surface area contributed by atoms with Crippen LogP contribution in [0.3, 0.4) is 0 Å². The van der Waals surface area contributed by atoms with Crippen LogP contribution in [-0.4, -0.2) is 62.4 Å². The van der Waals surface area contributed by atoms with Crippen LogP contribution in [0.15, 0.2) is 12.2 Å². The van der Waals surface area contributed by atoms with Gasteiger partial charge in [0.1, 0.15) is 0 Å². The lowest BCUT2D eigenvalue weighted by Gasteiger charge is -2.49. The fourth-order valence-corrected chi connectivity index (χ4v) is 6.80. The molecule has 246 valence electrons. The summed E-state index contributed by atoms with van der Waals surface area (Å²) < 4.78 is -0.418. The Labute approximate surface area is 257 Å². The number of carbonyl (C=O) groups is 3. The summed E-state index contributed by atoms with van der Waals surface area (Å²) in [6.07, 6.45) is 28.5. The summed E-state index contributed by atoms with van der Waals surface area (Å²) in [6.45, 7) is 7.63. The molecular formula is C35H66NO6+. The fraction of sp³-hybridized carbons (Fsp3) is 0.857. The quantitative estimate of drug-likeness (QED) is 0.0433. The Balaban J connectivity index is 4.42.